The van der Waals surface area contributed by atoms with Crippen LogP contribution >= 0.6 is 0 Å². The molecule has 0 atom stereocenters. The molecular formula is C34H30N4O4. The minimum Gasteiger partial charge on any atom is -0.481 e. The summed E-state index contributed by atoms with van der Waals surface area (Å²) in [6.45, 7) is 7.72. The quantitative estimate of drug-likeness (QED) is 0.271. The molecule has 3 aromatic heterocycles. The van der Waals surface area contributed by atoms with Crippen LogP contribution in [0.2, 0.25) is 0 Å². The Morgan fingerprint density at radius 3 is 1.50 bits per heavy atom. The van der Waals surface area contributed by atoms with Crippen LogP contribution in [-0.4, -0.2) is 42.1 Å². The van der Waals surface area contributed by atoms with Gasteiger partial charge in [-0.25, -0.2) is 9.97 Å². The Labute approximate surface area is 243 Å². The normalized spacial score (nSPS) is 12.8. The first-order chi connectivity index (χ1) is 20.0. The predicted octanol–water partition coefficient (Wildman–Crippen LogP) is 6.09. The van der Waals surface area contributed by atoms with Gasteiger partial charge in [-0.1, -0.05) is 11.8 Å². The predicted molar refractivity (Wildman–Crippen MR) is 165 cm³/mol. The molecular weight excluding hydrogens is 528 g/mol. The number of carboxylic acids is 2. The first-order valence-electron chi connectivity index (χ1n) is 13.6. The van der Waals surface area contributed by atoms with Crippen LogP contribution in [0.1, 0.15) is 71.7 Å². The molecule has 4 N–H and O–H groups in total. The fourth-order valence-electron chi connectivity index (χ4n) is 5.58. The number of aromatic amines is 2. The number of nitrogens with one attached hydrogen (secondary N) is 2. The Hall–Kier alpha value is -5.34. The molecule has 210 valence electrons. The number of nitrogens with zero attached hydrogens (tertiary/aromatic N) is 2. The van der Waals surface area contributed by atoms with Gasteiger partial charge in [0.25, 0.3) is 0 Å². The van der Waals surface area contributed by atoms with Gasteiger partial charge in [-0.3, -0.25) is 9.59 Å². The smallest absolute Gasteiger partial charge is 0.303 e. The minimum absolute atomic E-state index is 0.0411. The number of rotatable bonds is 6. The molecule has 0 saturated carbocycles. The van der Waals surface area contributed by atoms with Crippen molar-refractivity contribution >= 4 is 56.3 Å². The number of hydrogen-bond acceptors (Lipinski definition) is 4. The Bertz CT molecular complexity index is 2000. The van der Waals surface area contributed by atoms with Crippen LogP contribution < -0.4 is 0 Å². The Balaban J connectivity index is 1.96. The van der Waals surface area contributed by atoms with Gasteiger partial charge in [-0.05, 0) is 98.2 Å². The topological polar surface area (TPSA) is 132 Å². The standard InChI is InChI=1S/C34H30N4O4/c1-7-21-17(3)25-13-26-19(5)23(9-11-33(39)40)31(37-26)16-32-24(10-12-34(41)42)20(6)28(38-32)15-30-22(8-2)18(4)27(36-30)14-29(21)35-25/h1-2,13-16,37-38H,9-12H2,3-6H3,(H,39,40)(H,41,42). The second-order valence-electron chi connectivity index (χ2n) is 10.5. The van der Waals surface area contributed by atoms with Crippen molar-refractivity contribution in [2.24, 2.45) is 0 Å². The van der Waals surface area contributed by atoms with Crippen LogP contribution in [-0.2, 0) is 22.4 Å². The van der Waals surface area contributed by atoms with Crippen molar-refractivity contribution in [3.05, 3.63) is 69.3 Å². The van der Waals surface area contributed by atoms with E-state index in [1.54, 1.807) is 0 Å². The van der Waals surface area contributed by atoms with Crippen LogP contribution in [0.4, 0.5) is 0 Å². The maximum Gasteiger partial charge on any atom is 0.303 e. The van der Waals surface area contributed by atoms with E-state index in [9.17, 15) is 19.8 Å². The molecule has 0 aromatic carbocycles. The summed E-state index contributed by atoms with van der Waals surface area (Å²) in [6.07, 6.45) is 12.4. The van der Waals surface area contributed by atoms with Gasteiger partial charge >= 0.3 is 11.9 Å². The number of H-pyrrole nitrogens is 2. The van der Waals surface area contributed by atoms with Crippen molar-refractivity contribution in [1.82, 2.24) is 19.9 Å². The van der Waals surface area contributed by atoms with Crippen molar-refractivity contribution in [2.75, 3.05) is 0 Å². The minimum atomic E-state index is -0.897. The number of aliphatic carboxylic acids is 2. The van der Waals surface area contributed by atoms with Gasteiger partial charge in [-0.2, -0.15) is 0 Å². The first-order valence-corrected chi connectivity index (χ1v) is 13.6. The summed E-state index contributed by atoms with van der Waals surface area (Å²) in [4.78, 5) is 39.7. The SMILES string of the molecule is C#CC1=C(C)c2cc3[nH]c(cc4[nH]c(cc5nc(cc1n2)C(C)=C5C#C)c(C)c4CCC(=O)O)c(CCC(=O)O)c3C. The average molecular weight is 559 g/mol. The van der Waals surface area contributed by atoms with Crippen LogP contribution in [0, 0.1) is 38.5 Å². The molecule has 2 aliphatic rings. The first kappa shape index (κ1) is 28.2. The molecule has 3 aromatic rings. The summed E-state index contributed by atoms with van der Waals surface area (Å²) >= 11 is 0. The van der Waals surface area contributed by atoms with Crippen LogP contribution in [0.3, 0.4) is 0 Å². The zero-order valence-corrected chi connectivity index (χ0v) is 23.9. The lowest BCUT2D eigenvalue weighted by molar-refractivity contribution is -0.138. The molecule has 42 heavy (non-hydrogen) atoms. The van der Waals surface area contributed by atoms with Gasteiger partial charge in [0.1, 0.15) is 0 Å². The highest BCUT2D eigenvalue weighted by atomic mass is 16.4. The van der Waals surface area contributed by atoms with E-state index < -0.39 is 11.9 Å². The fourth-order valence-corrected chi connectivity index (χ4v) is 5.58. The molecule has 8 bridgehead atoms. The zero-order chi connectivity index (χ0) is 30.3. The molecule has 0 unspecified atom stereocenters. The molecule has 0 spiro atoms. The molecule has 0 fully saturated rings. The molecule has 5 rings (SSSR count). The lowest BCUT2D eigenvalue weighted by Gasteiger charge is -2.00. The monoisotopic (exact) mass is 558 g/mol. The van der Waals surface area contributed by atoms with E-state index in [-0.39, 0.29) is 12.8 Å². The number of terminal acetylenes is 2. The van der Waals surface area contributed by atoms with E-state index in [1.165, 1.54) is 0 Å². The Morgan fingerprint density at radius 1 is 0.667 bits per heavy atom. The molecule has 2 aliphatic heterocycles. The highest BCUT2D eigenvalue weighted by Gasteiger charge is 2.21. The molecule has 0 radical (unpaired) electrons. The number of carboxylic acid groups (broad SMARTS) is 2. The maximum absolute atomic E-state index is 11.5. The van der Waals surface area contributed by atoms with E-state index in [4.69, 9.17) is 22.8 Å². The van der Waals surface area contributed by atoms with Crippen molar-refractivity contribution in [2.45, 2.75) is 53.4 Å². The van der Waals surface area contributed by atoms with E-state index in [0.29, 0.717) is 46.8 Å². The molecule has 5 heterocycles. The summed E-state index contributed by atoms with van der Waals surface area (Å²) in [6, 6.07) is 7.57. The van der Waals surface area contributed by atoms with Gasteiger partial charge in [0, 0.05) is 34.9 Å². The summed E-state index contributed by atoms with van der Waals surface area (Å²) in [5.74, 6) is 3.75. The van der Waals surface area contributed by atoms with Gasteiger partial charge in [0.05, 0.1) is 33.9 Å². The van der Waals surface area contributed by atoms with E-state index >= 15 is 0 Å². The van der Waals surface area contributed by atoms with Crippen molar-refractivity contribution < 1.29 is 19.8 Å². The Morgan fingerprint density at radius 2 is 1.07 bits per heavy atom. The Kier molecular flexibility index (Phi) is 7.33. The number of allylic oxidation sites excluding steroid dienone is 4. The number of fused-ring (bicyclic) bond motifs is 8. The maximum atomic E-state index is 11.5. The molecule has 8 heteroatoms. The average Bonchev–Trinajstić information content (AvgIpc) is 3.59. The van der Waals surface area contributed by atoms with Crippen LogP contribution in [0.5, 0.6) is 0 Å². The molecule has 0 saturated heterocycles. The lowest BCUT2D eigenvalue weighted by atomic mass is 10.0. The van der Waals surface area contributed by atoms with Gasteiger partial charge < -0.3 is 20.2 Å². The van der Waals surface area contributed by atoms with Crippen LogP contribution in [0.25, 0.3) is 44.4 Å². The van der Waals surface area contributed by atoms with E-state index in [1.807, 2.05) is 52.0 Å². The van der Waals surface area contributed by atoms with E-state index in [2.05, 4.69) is 21.8 Å². The highest BCUT2D eigenvalue weighted by Crippen LogP contribution is 2.35. The summed E-state index contributed by atoms with van der Waals surface area (Å²) in [5, 5.41) is 18.9. The van der Waals surface area contributed by atoms with Crippen molar-refractivity contribution in [1.29, 1.82) is 0 Å². The third-order valence-electron chi connectivity index (χ3n) is 8.01. The second kappa shape index (κ2) is 10.9. The van der Waals surface area contributed by atoms with Gasteiger partial charge in [0.15, 0.2) is 0 Å². The molecule has 0 amide bonds. The summed E-state index contributed by atoms with van der Waals surface area (Å²) in [5.41, 5.74) is 12.0. The fraction of sp³-hybridized carbons (Fsp3) is 0.235. The second-order valence-corrected chi connectivity index (χ2v) is 10.5. The lowest BCUT2D eigenvalue weighted by Crippen LogP contribution is -1.98. The van der Waals surface area contributed by atoms with Crippen LogP contribution in [0.15, 0.2) is 24.3 Å². The van der Waals surface area contributed by atoms with Crippen molar-refractivity contribution in [3.63, 3.8) is 0 Å². The summed E-state index contributed by atoms with van der Waals surface area (Å²) in [7, 11) is 0. The van der Waals surface area contributed by atoms with E-state index in [0.717, 1.165) is 55.5 Å². The number of aromatic nitrogens is 4. The van der Waals surface area contributed by atoms with Gasteiger partial charge in [0.2, 0.25) is 0 Å². The van der Waals surface area contributed by atoms with Crippen molar-refractivity contribution in [3.8, 4) is 24.7 Å². The highest BCUT2D eigenvalue weighted by molar-refractivity contribution is 6.02. The molecule has 8 nitrogen and oxygen atoms in total. The number of carbonyl (C=O) groups is 2. The number of aryl methyl sites for hydroxylation is 4. The number of hydrogen-bond donors (Lipinski definition) is 4. The largest absolute Gasteiger partial charge is 0.481 e. The summed E-state index contributed by atoms with van der Waals surface area (Å²) < 4.78 is 0. The van der Waals surface area contributed by atoms with Gasteiger partial charge in [-0.15, -0.1) is 12.8 Å². The third-order valence-corrected chi connectivity index (χ3v) is 8.01. The zero-order valence-electron chi connectivity index (χ0n) is 23.9. The molecule has 0 aliphatic carbocycles. The third kappa shape index (κ3) is 5.00.